The van der Waals surface area contributed by atoms with Crippen LogP contribution in [0.15, 0.2) is 0 Å². The van der Waals surface area contributed by atoms with Crippen LogP contribution in [0.3, 0.4) is 0 Å². The van der Waals surface area contributed by atoms with Crippen LogP contribution in [0.1, 0.15) is 31.5 Å². The maximum atomic E-state index is 13.1. The van der Waals surface area contributed by atoms with Crippen LogP contribution in [-0.2, 0) is 12.5 Å². The Morgan fingerprint density at radius 2 is 1.71 bits per heavy atom. The quantitative estimate of drug-likeness (QED) is 0.845. The van der Waals surface area contributed by atoms with Crippen molar-refractivity contribution in [2.45, 2.75) is 38.6 Å². The first-order valence-electron chi connectivity index (χ1n) is 4.62. The summed E-state index contributed by atoms with van der Waals surface area (Å²) in [6.45, 7) is 2.01. The standard InChI is InChI=1S/C8H10F5N3O/c1-4(2)16-5(3-17)14-15-6(16)7(9,10)8(11,12)13/h4,17H,3H2,1-2H3. The van der Waals surface area contributed by atoms with Gasteiger partial charge in [-0.05, 0) is 13.8 Å². The molecule has 0 aliphatic heterocycles. The maximum Gasteiger partial charge on any atom is 0.461 e. The third kappa shape index (κ3) is 2.24. The summed E-state index contributed by atoms with van der Waals surface area (Å²) in [7, 11) is 0. The minimum Gasteiger partial charge on any atom is -0.388 e. The van der Waals surface area contributed by atoms with Crippen LogP contribution >= 0.6 is 0 Å². The molecule has 0 aliphatic rings. The van der Waals surface area contributed by atoms with Crippen molar-refractivity contribution in [2.24, 2.45) is 0 Å². The molecule has 1 aromatic heterocycles. The molecule has 0 saturated carbocycles. The molecular weight excluding hydrogens is 249 g/mol. The van der Waals surface area contributed by atoms with E-state index in [9.17, 15) is 22.0 Å². The molecule has 1 heterocycles. The van der Waals surface area contributed by atoms with Gasteiger partial charge in [0.05, 0.1) is 0 Å². The summed E-state index contributed by atoms with van der Waals surface area (Å²) in [6.07, 6.45) is -5.75. The van der Waals surface area contributed by atoms with Crippen LogP contribution in [0.25, 0.3) is 0 Å². The third-order valence-electron chi connectivity index (χ3n) is 2.06. The number of hydrogen-bond acceptors (Lipinski definition) is 3. The molecule has 1 N–H and O–H groups in total. The molecule has 1 rings (SSSR count). The second kappa shape index (κ2) is 4.21. The first kappa shape index (κ1) is 13.8. The minimum absolute atomic E-state index is 0.334. The van der Waals surface area contributed by atoms with E-state index in [0.717, 1.165) is 0 Å². The van der Waals surface area contributed by atoms with Gasteiger partial charge in [-0.1, -0.05) is 0 Å². The Kier molecular flexibility index (Phi) is 3.42. The fourth-order valence-corrected chi connectivity index (χ4v) is 1.31. The molecular formula is C8H10F5N3O. The highest BCUT2D eigenvalue weighted by Crippen LogP contribution is 2.43. The van der Waals surface area contributed by atoms with E-state index >= 15 is 0 Å². The van der Waals surface area contributed by atoms with Crippen molar-refractivity contribution in [3.05, 3.63) is 11.6 Å². The second-order valence-corrected chi connectivity index (χ2v) is 3.63. The molecule has 0 aliphatic carbocycles. The molecule has 98 valence electrons. The molecule has 0 aromatic carbocycles. The lowest BCUT2D eigenvalue weighted by Crippen LogP contribution is -2.37. The Bertz CT molecular complexity index is 398. The van der Waals surface area contributed by atoms with E-state index in [2.05, 4.69) is 10.2 Å². The van der Waals surface area contributed by atoms with Gasteiger partial charge in [0, 0.05) is 6.04 Å². The fourth-order valence-electron chi connectivity index (χ4n) is 1.31. The van der Waals surface area contributed by atoms with Gasteiger partial charge in [-0.15, -0.1) is 10.2 Å². The molecule has 0 amide bonds. The van der Waals surface area contributed by atoms with Crippen molar-refractivity contribution in [3.63, 3.8) is 0 Å². The van der Waals surface area contributed by atoms with Gasteiger partial charge in [0.1, 0.15) is 6.61 Å². The average Bonchev–Trinajstić information content (AvgIpc) is 2.59. The molecule has 0 spiro atoms. The zero-order valence-corrected chi connectivity index (χ0v) is 8.96. The summed E-state index contributed by atoms with van der Waals surface area (Å²) in [5, 5.41) is 14.7. The Morgan fingerprint density at radius 1 is 1.18 bits per heavy atom. The van der Waals surface area contributed by atoms with E-state index in [1.165, 1.54) is 13.8 Å². The smallest absolute Gasteiger partial charge is 0.388 e. The Hall–Kier alpha value is -1.25. The highest BCUT2D eigenvalue weighted by molar-refractivity contribution is 5.06. The van der Waals surface area contributed by atoms with Crippen LogP contribution in [0.5, 0.6) is 0 Å². The van der Waals surface area contributed by atoms with E-state index in [0.29, 0.717) is 4.57 Å². The first-order valence-corrected chi connectivity index (χ1v) is 4.62. The summed E-state index contributed by atoms with van der Waals surface area (Å²) in [5.74, 6) is -6.94. The minimum atomic E-state index is -5.75. The maximum absolute atomic E-state index is 13.1. The predicted molar refractivity (Wildman–Crippen MR) is 46.3 cm³/mol. The van der Waals surface area contributed by atoms with E-state index in [-0.39, 0.29) is 5.82 Å². The van der Waals surface area contributed by atoms with Crippen LogP contribution < -0.4 is 0 Å². The van der Waals surface area contributed by atoms with E-state index in [4.69, 9.17) is 5.11 Å². The molecule has 0 radical (unpaired) electrons. The Labute approximate surface area is 93.1 Å². The monoisotopic (exact) mass is 259 g/mol. The number of aliphatic hydroxyl groups excluding tert-OH is 1. The summed E-state index contributed by atoms with van der Waals surface area (Å²) < 4.78 is 63.3. The number of aromatic nitrogens is 3. The highest BCUT2D eigenvalue weighted by Gasteiger charge is 2.62. The molecule has 0 unspecified atom stereocenters. The van der Waals surface area contributed by atoms with Crippen LogP contribution in [0.2, 0.25) is 0 Å². The van der Waals surface area contributed by atoms with Crippen molar-refractivity contribution in [1.82, 2.24) is 14.8 Å². The SMILES string of the molecule is CC(C)n1c(CO)nnc1C(F)(F)C(F)(F)F. The van der Waals surface area contributed by atoms with Crippen LogP contribution in [0.4, 0.5) is 22.0 Å². The number of alkyl halides is 5. The molecule has 4 nitrogen and oxygen atoms in total. The highest BCUT2D eigenvalue weighted by atomic mass is 19.4. The lowest BCUT2D eigenvalue weighted by Gasteiger charge is -2.21. The first-order chi connectivity index (χ1) is 7.63. The molecule has 0 atom stereocenters. The lowest BCUT2D eigenvalue weighted by atomic mass is 10.2. The summed E-state index contributed by atoms with van der Waals surface area (Å²) >= 11 is 0. The zero-order chi connectivity index (χ0) is 13.4. The van der Waals surface area contributed by atoms with Gasteiger partial charge in [0.15, 0.2) is 5.82 Å². The Morgan fingerprint density at radius 3 is 2.06 bits per heavy atom. The number of aliphatic hydroxyl groups is 1. The molecule has 1 aromatic rings. The summed E-state index contributed by atoms with van der Waals surface area (Å²) in [6, 6.07) is -0.727. The van der Waals surface area contributed by atoms with Gasteiger partial charge in [-0.25, -0.2) is 0 Å². The normalized spacial score (nSPS) is 13.5. The van der Waals surface area contributed by atoms with Gasteiger partial charge < -0.3 is 9.67 Å². The fraction of sp³-hybridized carbons (Fsp3) is 0.750. The van der Waals surface area contributed by atoms with E-state index < -0.39 is 30.6 Å². The molecule has 0 fully saturated rings. The molecule has 17 heavy (non-hydrogen) atoms. The topological polar surface area (TPSA) is 50.9 Å². The van der Waals surface area contributed by atoms with Crippen LogP contribution in [-0.4, -0.2) is 26.0 Å². The molecule has 9 heteroatoms. The van der Waals surface area contributed by atoms with E-state index in [1.54, 1.807) is 0 Å². The van der Waals surface area contributed by atoms with Crippen LogP contribution in [0, 0.1) is 0 Å². The number of nitrogens with zero attached hydrogens (tertiary/aromatic N) is 3. The van der Waals surface area contributed by atoms with Gasteiger partial charge in [0.2, 0.25) is 5.82 Å². The number of rotatable bonds is 3. The van der Waals surface area contributed by atoms with Crippen molar-refractivity contribution >= 4 is 0 Å². The summed E-state index contributed by atoms with van der Waals surface area (Å²) in [5.41, 5.74) is 0. The van der Waals surface area contributed by atoms with Crippen molar-refractivity contribution in [1.29, 1.82) is 0 Å². The van der Waals surface area contributed by atoms with Gasteiger partial charge >= 0.3 is 12.1 Å². The average molecular weight is 259 g/mol. The largest absolute Gasteiger partial charge is 0.461 e. The predicted octanol–water partition coefficient (Wildman–Crippen LogP) is 2.01. The zero-order valence-electron chi connectivity index (χ0n) is 8.96. The van der Waals surface area contributed by atoms with E-state index in [1.807, 2.05) is 0 Å². The van der Waals surface area contributed by atoms with Gasteiger partial charge in [-0.3, -0.25) is 0 Å². The lowest BCUT2D eigenvalue weighted by molar-refractivity contribution is -0.293. The number of halogens is 5. The van der Waals surface area contributed by atoms with Crippen molar-refractivity contribution in [3.8, 4) is 0 Å². The third-order valence-corrected chi connectivity index (χ3v) is 2.06. The molecule has 0 saturated heterocycles. The van der Waals surface area contributed by atoms with Gasteiger partial charge in [-0.2, -0.15) is 22.0 Å². The Balaban J connectivity index is 3.37. The van der Waals surface area contributed by atoms with Gasteiger partial charge in [0.25, 0.3) is 0 Å². The number of hydrogen-bond donors (Lipinski definition) is 1. The second-order valence-electron chi connectivity index (χ2n) is 3.63. The summed E-state index contributed by atoms with van der Waals surface area (Å²) in [4.78, 5) is 0. The van der Waals surface area contributed by atoms with Crippen molar-refractivity contribution < 1.29 is 27.1 Å². The molecule has 0 bridgehead atoms. The van der Waals surface area contributed by atoms with Crippen molar-refractivity contribution in [2.75, 3.05) is 0 Å².